The van der Waals surface area contributed by atoms with E-state index in [1.54, 1.807) is 24.0 Å². The van der Waals surface area contributed by atoms with Gasteiger partial charge in [-0.1, -0.05) is 11.8 Å². The molecule has 0 aliphatic heterocycles. The second-order valence-electron chi connectivity index (χ2n) is 4.91. The predicted octanol–water partition coefficient (Wildman–Crippen LogP) is 1.27. The van der Waals surface area contributed by atoms with E-state index in [1.165, 1.54) is 23.9 Å². The molecule has 24 heavy (non-hydrogen) atoms. The lowest BCUT2D eigenvalue weighted by Gasteiger charge is -2.09. The number of carbonyl (C=O) groups is 1. The van der Waals surface area contributed by atoms with Gasteiger partial charge in [-0.3, -0.25) is 0 Å². The highest BCUT2D eigenvalue weighted by molar-refractivity contribution is 7.99. The number of hydrogen-bond donors (Lipinski definition) is 2. The number of tetrazole rings is 1. The molecule has 10 heteroatoms. The Morgan fingerprint density at radius 3 is 2.92 bits per heavy atom. The molecule has 0 amide bonds. The van der Waals surface area contributed by atoms with Crippen LogP contribution in [0.5, 0.6) is 5.75 Å². The standard InChI is InChI=1S/C14H14N6O3S/c1-19-14(16-17-18-19)24-7-6-20-5-4-15-12(20)9-2-3-11(21)10(8-9)13(22)23/h2-5,8,21H,6-7H2,1H3,(H,22,23). The summed E-state index contributed by atoms with van der Waals surface area (Å²) in [4.78, 5) is 15.4. The number of aryl methyl sites for hydroxylation is 2. The summed E-state index contributed by atoms with van der Waals surface area (Å²) < 4.78 is 3.51. The molecule has 0 spiro atoms. The van der Waals surface area contributed by atoms with E-state index in [9.17, 15) is 9.90 Å². The summed E-state index contributed by atoms with van der Waals surface area (Å²) in [7, 11) is 1.77. The zero-order valence-electron chi connectivity index (χ0n) is 12.7. The topological polar surface area (TPSA) is 119 Å². The van der Waals surface area contributed by atoms with E-state index in [-0.39, 0.29) is 11.3 Å². The highest BCUT2D eigenvalue weighted by Gasteiger charge is 2.14. The van der Waals surface area contributed by atoms with E-state index in [4.69, 9.17) is 5.11 Å². The van der Waals surface area contributed by atoms with Crippen molar-refractivity contribution in [3.05, 3.63) is 36.2 Å². The maximum Gasteiger partial charge on any atom is 0.339 e. The zero-order chi connectivity index (χ0) is 17.1. The number of aromatic hydroxyl groups is 1. The molecule has 3 rings (SSSR count). The number of carboxylic acids is 1. The number of benzene rings is 1. The van der Waals surface area contributed by atoms with E-state index >= 15 is 0 Å². The quantitative estimate of drug-likeness (QED) is 0.641. The number of phenols is 1. The van der Waals surface area contributed by atoms with Gasteiger partial charge in [0.2, 0.25) is 5.16 Å². The Balaban J connectivity index is 1.77. The van der Waals surface area contributed by atoms with Crippen LogP contribution in [0.1, 0.15) is 10.4 Å². The van der Waals surface area contributed by atoms with Gasteiger partial charge in [0.05, 0.1) is 0 Å². The van der Waals surface area contributed by atoms with Gasteiger partial charge in [-0.25, -0.2) is 14.5 Å². The molecule has 0 saturated heterocycles. The smallest absolute Gasteiger partial charge is 0.339 e. The van der Waals surface area contributed by atoms with Gasteiger partial charge in [0.25, 0.3) is 0 Å². The lowest BCUT2D eigenvalue weighted by atomic mass is 10.1. The summed E-state index contributed by atoms with van der Waals surface area (Å²) in [5.41, 5.74) is 0.474. The summed E-state index contributed by atoms with van der Waals surface area (Å²) in [6.45, 7) is 0.649. The SMILES string of the molecule is Cn1nnnc1SCCn1ccnc1-c1ccc(O)c(C(=O)O)c1. The van der Waals surface area contributed by atoms with Gasteiger partial charge in [0, 0.05) is 37.3 Å². The van der Waals surface area contributed by atoms with Gasteiger partial charge >= 0.3 is 5.97 Å². The third-order valence-corrected chi connectivity index (χ3v) is 4.34. The molecule has 0 bridgehead atoms. The number of imidazole rings is 1. The van der Waals surface area contributed by atoms with Crippen LogP contribution >= 0.6 is 11.8 Å². The summed E-state index contributed by atoms with van der Waals surface area (Å²) in [6.07, 6.45) is 3.47. The summed E-state index contributed by atoms with van der Waals surface area (Å²) in [5.74, 6) is -0.0942. The average molecular weight is 346 g/mol. The summed E-state index contributed by atoms with van der Waals surface area (Å²) in [6, 6.07) is 4.41. The Kier molecular flexibility index (Phi) is 4.47. The second kappa shape index (κ2) is 6.71. The fourth-order valence-corrected chi connectivity index (χ4v) is 2.96. The third-order valence-electron chi connectivity index (χ3n) is 3.35. The number of aromatic carboxylic acids is 1. The van der Waals surface area contributed by atoms with E-state index < -0.39 is 5.97 Å². The summed E-state index contributed by atoms with van der Waals surface area (Å²) in [5, 5.41) is 30.7. The number of carboxylic acid groups (broad SMARTS) is 1. The van der Waals surface area contributed by atoms with Crippen molar-refractivity contribution in [3.8, 4) is 17.1 Å². The van der Waals surface area contributed by atoms with Crippen LogP contribution in [0.15, 0.2) is 35.7 Å². The highest BCUT2D eigenvalue weighted by atomic mass is 32.2. The van der Waals surface area contributed by atoms with Crippen LogP contribution < -0.4 is 0 Å². The average Bonchev–Trinajstić information content (AvgIpc) is 3.17. The third kappa shape index (κ3) is 3.23. The fourth-order valence-electron chi connectivity index (χ4n) is 2.18. The summed E-state index contributed by atoms with van der Waals surface area (Å²) >= 11 is 1.51. The van der Waals surface area contributed by atoms with Crippen molar-refractivity contribution in [2.24, 2.45) is 7.05 Å². The molecule has 0 unspecified atom stereocenters. The molecule has 0 atom stereocenters. The molecule has 3 aromatic rings. The first-order valence-electron chi connectivity index (χ1n) is 6.99. The maximum absolute atomic E-state index is 11.2. The molecule has 124 valence electrons. The molecule has 0 aliphatic rings. The van der Waals surface area contributed by atoms with E-state index in [1.807, 2.05) is 10.8 Å². The number of thioether (sulfide) groups is 1. The predicted molar refractivity (Wildman–Crippen MR) is 85.8 cm³/mol. The van der Waals surface area contributed by atoms with Gasteiger partial charge in [0.15, 0.2) is 0 Å². The molecule has 2 heterocycles. The Hall–Kier alpha value is -2.88. The minimum atomic E-state index is -1.18. The Morgan fingerprint density at radius 2 is 2.21 bits per heavy atom. The minimum Gasteiger partial charge on any atom is -0.507 e. The molecule has 1 aromatic carbocycles. The lowest BCUT2D eigenvalue weighted by molar-refractivity contribution is 0.0694. The van der Waals surface area contributed by atoms with Crippen molar-refractivity contribution in [2.45, 2.75) is 11.7 Å². The van der Waals surface area contributed by atoms with Crippen LogP contribution in [0.2, 0.25) is 0 Å². The van der Waals surface area contributed by atoms with Gasteiger partial charge in [-0.15, -0.1) is 5.10 Å². The van der Waals surface area contributed by atoms with Crippen LogP contribution in [-0.2, 0) is 13.6 Å². The van der Waals surface area contributed by atoms with E-state index in [0.29, 0.717) is 17.9 Å². The van der Waals surface area contributed by atoms with Crippen molar-refractivity contribution in [1.82, 2.24) is 29.8 Å². The number of rotatable bonds is 6. The van der Waals surface area contributed by atoms with Crippen LogP contribution in [0, 0.1) is 0 Å². The molecular weight excluding hydrogens is 332 g/mol. The first-order valence-corrected chi connectivity index (χ1v) is 7.98. The Morgan fingerprint density at radius 1 is 1.38 bits per heavy atom. The normalized spacial score (nSPS) is 10.9. The monoisotopic (exact) mass is 346 g/mol. The van der Waals surface area contributed by atoms with Gasteiger partial charge in [-0.05, 0) is 28.6 Å². The van der Waals surface area contributed by atoms with E-state index in [2.05, 4.69) is 20.5 Å². The number of aromatic nitrogens is 6. The van der Waals surface area contributed by atoms with Gasteiger partial charge < -0.3 is 14.8 Å². The van der Waals surface area contributed by atoms with Crippen molar-refractivity contribution in [2.75, 3.05) is 5.75 Å². The van der Waals surface area contributed by atoms with Crippen LogP contribution in [0.25, 0.3) is 11.4 Å². The molecular formula is C14H14N6O3S. The fraction of sp³-hybridized carbons (Fsp3) is 0.214. The lowest BCUT2D eigenvalue weighted by Crippen LogP contribution is -2.04. The number of nitrogens with zero attached hydrogens (tertiary/aromatic N) is 6. The molecule has 0 aliphatic carbocycles. The van der Waals surface area contributed by atoms with Crippen molar-refractivity contribution in [1.29, 1.82) is 0 Å². The molecule has 0 fully saturated rings. The van der Waals surface area contributed by atoms with Gasteiger partial charge in [-0.2, -0.15) is 0 Å². The van der Waals surface area contributed by atoms with Crippen molar-refractivity contribution >= 4 is 17.7 Å². The largest absolute Gasteiger partial charge is 0.507 e. The number of hydrogen-bond acceptors (Lipinski definition) is 7. The van der Waals surface area contributed by atoms with Crippen molar-refractivity contribution in [3.63, 3.8) is 0 Å². The molecule has 9 nitrogen and oxygen atoms in total. The van der Waals surface area contributed by atoms with E-state index in [0.717, 1.165) is 10.9 Å². The molecule has 0 radical (unpaired) electrons. The zero-order valence-corrected chi connectivity index (χ0v) is 13.5. The van der Waals surface area contributed by atoms with Crippen LogP contribution in [0.4, 0.5) is 0 Å². The Bertz CT molecular complexity index is 875. The van der Waals surface area contributed by atoms with Crippen LogP contribution in [0.3, 0.4) is 0 Å². The minimum absolute atomic E-state index is 0.151. The molecule has 2 aromatic heterocycles. The van der Waals surface area contributed by atoms with Crippen molar-refractivity contribution < 1.29 is 15.0 Å². The first-order chi connectivity index (χ1) is 11.6. The second-order valence-corrected chi connectivity index (χ2v) is 5.98. The maximum atomic E-state index is 11.2. The highest BCUT2D eigenvalue weighted by Crippen LogP contribution is 2.25. The molecule has 2 N–H and O–H groups in total. The Labute approximate surface area is 141 Å². The molecule has 0 saturated carbocycles. The van der Waals surface area contributed by atoms with Gasteiger partial charge in [0.1, 0.15) is 17.1 Å². The van der Waals surface area contributed by atoms with Crippen LogP contribution in [-0.4, -0.2) is 51.7 Å². The first kappa shape index (κ1) is 16.0.